The van der Waals surface area contributed by atoms with Gasteiger partial charge in [-0.2, -0.15) is 0 Å². The highest BCUT2D eigenvalue weighted by molar-refractivity contribution is 5.95. The summed E-state index contributed by atoms with van der Waals surface area (Å²) in [6.07, 6.45) is 0. The van der Waals surface area contributed by atoms with Gasteiger partial charge in [0, 0.05) is 18.7 Å². The van der Waals surface area contributed by atoms with E-state index in [4.69, 9.17) is 10.5 Å². The molecule has 0 aromatic heterocycles. The zero-order valence-electron chi connectivity index (χ0n) is 9.30. The maximum atomic E-state index is 11.2. The van der Waals surface area contributed by atoms with Gasteiger partial charge in [0.05, 0.1) is 18.1 Å². The molecule has 1 aromatic carbocycles. The van der Waals surface area contributed by atoms with Crippen LogP contribution in [0, 0.1) is 10.1 Å². The van der Waals surface area contributed by atoms with E-state index in [1.165, 1.54) is 19.2 Å². The summed E-state index contributed by atoms with van der Waals surface area (Å²) >= 11 is 0. The maximum Gasteiger partial charge on any atom is 0.293 e. The van der Waals surface area contributed by atoms with Crippen molar-refractivity contribution in [3.8, 4) is 0 Å². The van der Waals surface area contributed by atoms with Gasteiger partial charge in [0.25, 0.3) is 5.69 Å². The molecule has 1 amide bonds. The molecule has 7 nitrogen and oxygen atoms in total. The Balaban J connectivity index is 3.18. The summed E-state index contributed by atoms with van der Waals surface area (Å²) in [5.41, 5.74) is 5.64. The number of carbonyl (C=O) groups is 1. The van der Waals surface area contributed by atoms with Crippen molar-refractivity contribution in [2.75, 3.05) is 19.0 Å². The average Bonchev–Trinajstić information content (AvgIpc) is 2.31. The van der Waals surface area contributed by atoms with E-state index in [1.54, 1.807) is 6.07 Å². The van der Waals surface area contributed by atoms with Crippen LogP contribution in [0.5, 0.6) is 0 Å². The Hall–Kier alpha value is -1.99. The number of nitrogens with zero attached hydrogens (tertiary/aromatic N) is 1. The molecule has 0 unspecified atom stereocenters. The minimum atomic E-state index is -0.564. The van der Waals surface area contributed by atoms with Gasteiger partial charge in [0.15, 0.2) is 0 Å². The Morgan fingerprint density at radius 3 is 2.82 bits per heavy atom. The summed E-state index contributed by atoms with van der Waals surface area (Å²) in [6, 6.07) is 4.48. The number of anilines is 1. The number of methoxy groups -OCH3 is 1. The SMILES string of the molecule is COCc1cccc([N+](=O)[O-])c1NC(=O)CN. The molecule has 0 aliphatic heterocycles. The van der Waals surface area contributed by atoms with Crippen LogP contribution in [0.1, 0.15) is 5.56 Å². The van der Waals surface area contributed by atoms with Crippen LogP contribution in [-0.4, -0.2) is 24.5 Å². The van der Waals surface area contributed by atoms with Crippen LogP contribution < -0.4 is 11.1 Å². The van der Waals surface area contributed by atoms with Crippen LogP contribution in [0.15, 0.2) is 18.2 Å². The van der Waals surface area contributed by atoms with E-state index in [0.29, 0.717) is 5.56 Å². The van der Waals surface area contributed by atoms with Gasteiger partial charge < -0.3 is 15.8 Å². The zero-order chi connectivity index (χ0) is 12.8. The number of nitro groups is 1. The molecule has 0 spiro atoms. The summed E-state index contributed by atoms with van der Waals surface area (Å²) in [5, 5.41) is 13.2. The van der Waals surface area contributed by atoms with Crippen molar-refractivity contribution in [1.29, 1.82) is 0 Å². The Labute approximate surface area is 97.7 Å². The van der Waals surface area contributed by atoms with Crippen LogP contribution in [0.25, 0.3) is 0 Å². The molecular weight excluding hydrogens is 226 g/mol. The normalized spacial score (nSPS) is 10.0. The van der Waals surface area contributed by atoms with Crippen molar-refractivity contribution in [3.63, 3.8) is 0 Å². The van der Waals surface area contributed by atoms with E-state index in [9.17, 15) is 14.9 Å². The number of hydrogen-bond acceptors (Lipinski definition) is 5. The lowest BCUT2D eigenvalue weighted by Crippen LogP contribution is -2.23. The molecule has 17 heavy (non-hydrogen) atoms. The molecule has 1 aromatic rings. The number of benzene rings is 1. The predicted molar refractivity (Wildman–Crippen MR) is 61.5 cm³/mol. The highest BCUT2D eigenvalue weighted by Gasteiger charge is 2.18. The van der Waals surface area contributed by atoms with E-state index in [1.807, 2.05) is 0 Å². The third-order valence-electron chi connectivity index (χ3n) is 2.08. The molecule has 7 heteroatoms. The number of rotatable bonds is 5. The van der Waals surface area contributed by atoms with Gasteiger partial charge in [-0.15, -0.1) is 0 Å². The second-order valence-electron chi connectivity index (χ2n) is 3.25. The Morgan fingerprint density at radius 2 is 2.29 bits per heavy atom. The molecule has 0 saturated heterocycles. The summed E-state index contributed by atoms with van der Waals surface area (Å²) in [4.78, 5) is 21.5. The number of nitrogens with one attached hydrogen (secondary N) is 1. The standard InChI is InChI=1S/C10H13N3O4/c1-17-6-7-3-2-4-8(13(15)16)10(7)12-9(14)5-11/h2-4H,5-6,11H2,1H3,(H,12,14). The van der Waals surface area contributed by atoms with Crippen LogP contribution >= 0.6 is 0 Å². The van der Waals surface area contributed by atoms with Gasteiger partial charge >= 0.3 is 0 Å². The lowest BCUT2D eigenvalue weighted by molar-refractivity contribution is -0.384. The van der Waals surface area contributed by atoms with Gasteiger partial charge in [-0.25, -0.2) is 0 Å². The van der Waals surface area contributed by atoms with E-state index in [-0.39, 0.29) is 24.5 Å². The minimum Gasteiger partial charge on any atom is -0.380 e. The number of hydrogen-bond donors (Lipinski definition) is 2. The van der Waals surface area contributed by atoms with Crippen molar-refractivity contribution in [2.45, 2.75) is 6.61 Å². The van der Waals surface area contributed by atoms with Crippen molar-refractivity contribution >= 4 is 17.3 Å². The summed E-state index contributed by atoms with van der Waals surface area (Å²) in [6.45, 7) is -0.0691. The second-order valence-corrected chi connectivity index (χ2v) is 3.25. The lowest BCUT2D eigenvalue weighted by Gasteiger charge is -2.10. The van der Waals surface area contributed by atoms with Crippen LogP contribution in [0.4, 0.5) is 11.4 Å². The van der Waals surface area contributed by atoms with Gasteiger partial charge in [-0.1, -0.05) is 12.1 Å². The van der Waals surface area contributed by atoms with Crippen molar-refractivity contribution in [2.24, 2.45) is 5.73 Å². The maximum absolute atomic E-state index is 11.2. The third kappa shape index (κ3) is 3.23. The molecule has 92 valence electrons. The van der Waals surface area contributed by atoms with E-state index in [0.717, 1.165) is 0 Å². The number of carbonyl (C=O) groups excluding carboxylic acids is 1. The van der Waals surface area contributed by atoms with E-state index in [2.05, 4.69) is 5.32 Å². The number of para-hydroxylation sites is 1. The van der Waals surface area contributed by atoms with Crippen LogP contribution in [-0.2, 0) is 16.1 Å². The lowest BCUT2D eigenvalue weighted by atomic mass is 10.1. The first kappa shape index (κ1) is 13.1. The van der Waals surface area contributed by atoms with Crippen LogP contribution in [0.2, 0.25) is 0 Å². The van der Waals surface area contributed by atoms with Gasteiger partial charge in [0.2, 0.25) is 5.91 Å². The van der Waals surface area contributed by atoms with Crippen molar-refractivity contribution in [3.05, 3.63) is 33.9 Å². The van der Waals surface area contributed by atoms with Crippen LogP contribution in [0.3, 0.4) is 0 Å². The third-order valence-corrected chi connectivity index (χ3v) is 2.08. The molecule has 3 N–H and O–H groups in total. The van der Waals surface area contributed by atoms with E-state index < -0.39 is 10.8 Å². The second kappa shape index (κ2) is 5.92. The van der Waals surface area contributed by atoms with Crippen molar-refractivity contribution in [1.82, 2.24) is 0 Å². The summed E-state index contributed by atoms with van der Waals surface area (Å²) < 4.78 is 4.91. The molecular formula is C10H13N3O4. The summed E-state index contributed by atoms with van der Waals surface area (Å²) in [5.74, 6) is -0.489. The minimum absolute atomic E-state index is 0.134. The fraction of sp³-hybridized carbons (Fsp3) is 0.300. The Kier molecular flexibility index (Phi) is 4.56. The number of nitro benzene ring substituents is 1. The average molecular weight is 239 g/mol. The highest BCUT2D eigenvalue weighted by Crippen LogP contribution is 2.28. The van der Waals surface area contributed by atoms with Gasteiger partial charge in [-0.3, -0.25) is 14.9 Å². The number of nitrogens with two attached hydrogens (primary N) is 1. The van der Waals surface area contributed by atoms with Gasteiger partial charge in [-0.05, 0) is 0 Å². The largest absolute Gasteiger partial charge is 0.380 e. The smallest absolute Gasteiger partial charge is 0.293 e. The predicted octanol–water partition coefficient (Wildman–Crippen LogP) is 0.638. The van der Waals surface area contributed by atoms with Gasteiger partial charge in [0.1, 0.15) is 5.69 Å². The topological polar surface area (TPSA) is 107 Å². The fourth-order valence-corrected chi connectivity index (χ4v) is 1.35. The zero-order valence-corrected chi connectivity index (χ0v) is 9.30. The first-order valence-electron chi connectivity index (χ1n) is 4.85. The molecule has 0 radical (unpaired) electrons. The molecule has 0 fully saturated rings. The molecule has 0 heterocycles. The molecule has 0 aliphatic carbocycles. The fourth-order valence-electron chi connectivity index (χ4n) is 1.35. The monoisotopic (exact) mass is 239 g/mol. The molecule has 0 aliphatic rings. The van der Waals surface area contributed by atoms with E-state index >= 15 is 0 Å². The number of amides is 1. The molecule has 0 atom stereocenters. The summed E-state index contributed by atoms with van der Waals surface area (Å²) in [7, 11) is 1.47. The first-order valence-corrected chi connectivity index (χ1v) is 4.85. The number of ether oxygens (including phenoxy) is 1. The Morgan fingerprint density at radius 1 is 1.59 bits per heavy atom. The highest BCUT2D eigenvalue weighted by atomic mass is 16.6. The first-order chi connectivity index (χ1) is 8.10. The van der Waals surface area contributed by atoms with Crippen molar-refractivity contribution < 1.29 is 14.5 Å². The Bertz CT molecular complexity index is 434. The molecule has 1 rings (SSSR count). The molecule has 0 bridgehead atoms. The molecule has 0 saturated carbocycles. The quantitative estimate of drug-likeness (QED) is 0.579.